The number of rotatable bonds is 1. The zero-order valence-corrected chi connectivity index (χ0v) is 9.93. The van der Waals surface area contributed by atoms with E-state index in [1.807, 2.05) is 0 Å². The van der Waals surface area contributed by atoms with Gasteiger partial charge in [0, 0.05) is 5.41 Å². The molecule has 0 spiro atoms. The number of Topliss-reactive ketones (excluding diaryl/α,β-unsaturated/α-hetero) is 2. The fourth-order valence-corrected chi connectivity index (χ4v) is 3.02. The number of hydrogen-bond acceptors (Lipinski definition) is 6. The number of furan rings is 1. The van der Waals surface area contributed by atoms with Gasteiger partial charge in [0.15, 0.2) is 11.5 Å². The zero-order valence-electron chi connectivity index (χ0n) is 9.93. The third kappa shape index (κ3) is 1.01. The van der Waals surface area contributed by atoms with E-state index < -0.39 is 29.8 Å². The zero-order chi connectivity index (χ0) is 13.5. The molecule has 0 aromatic carbocycles. The van der Waals surface area contributed by atoms with Crippen molar-refractivity contribution in [3.05, 3.63) is 17.4 Å². The molecule has 0 aliphatic heterocycles. The van der Waals surface area contributed by atoms with Gasteiger partial charge >= 0.3 is 7.12 Å². The maximum absolute atomic E-state index is 12.3. The molecule has 6 nitrogen and oxygen atoms in total. The van der Waals surface area contributed by atoms with E-state index in [0.717, 1.165) is 0 Å². The standard InChI is InChI=1S/C11H12BNO5/c1-10(2)7-6(14)4-3-5(8(15)11(7,10)13)18-9(4)12(16)17/h3,7,16-17H,13H2,1-2H3. The fourth-order valence-electron chi connectivity index (χ4n) is 3.02. The molecule has 1 saturated carbocycles. The molecular formula is C11H12BNO5. The average molecular weight is 249 g/mol. The normalized spacial score (nSPS) is 31.9. The summed E-state index contributed by atoms with van der Waals surface area (Å²) in [5, 5.41) is 18.3. The van der Waals surface area contributed by atoms with Gasteiger partial charge in [-0.15, -0.1) is 0 Å². The second kappa shape index (κ2) is 2.93. The predicted molar refractivity (Wildman–Crippen MR) is 61.4 cm³/mol. The van der Waals surface area contributed by atoms with Crippen LogP contribution < -0.4 is 11.4 Å². The summed E-state index contributed by atoms with van der Waals surface area (Å²) >= 11 is 0. The van der Waals surface area contributed by atoms with E-state index in [1.54, 1.807) is 13.8 Å². The highest BCUT2D eigenvalue weighted by Gasteiger charge is 2.77. The van der Waals surface area contributed by atoms with Gasteiger partial charge in [-0.05, 0) is 6.07 Å². The summed E-state index contributed by atoms with van der Waals surface area (Å²) in [6.07, 6.45) is 0. The van der Waals surface area contributed by atoms with E-state index in [0.29, 0.717) is 0 Å². The highest BCUT2D eigenvalue weighted by atomic mass is 16.4. The lowest BCUT2D eigenvalue weighted by Gasteiger charge is -2.11. The van der Waals surface area contributed by atoms with Gasteiger partial charge in [0.2, 0.25) is 5.78 Å². The predicted octanol–water partition coefficient (Wildman–Crippen LogP) is -1.31. The third-order valence-electron chi connectivity index (χ3n) is 4.28. The van der Waals surface area contributed by atoms with E-state index in [1.165, 1.54) is 6.07 Å². The highest BCUT2D eigenvalue weighted by Crippen LogP contribution is 2.63. The van der Waals surface area contributed by atoms with E-state index in [4.69, 9.17) is 20.2 Å². The molecule has 0 radical (unpaired) electrons. The van der Waals surface area contributed by atoms with Crippen molar-refractivity contribution in [2.45, 2.75) is 19.4 Å². The molecule has 1 fully saturated rings. The van der Waals surface area contributed by atoms with Crippen LogP contribution in [0.25, 0.3) is 0 Å². The van der Waals surface area contributed by atoms with Crippen molar-refractivity contribution in [3.8, 4) is 0 Å². The summed E-state index contributed by atoms with van der Waals surface area (Å²) in [4.78, 5) is 24.5. The lowest BCUT2D eigenvalue weighted by atomic mass is 9.82. The quantitative estimate of drug-likeness (QED) is 0.532. The summed E-state index contributed by atoms with van der Waals surface area (Å²) in [5.41, 5.74) is 3.89. The van der Waals surface area contributed by atoms with Gasteiger partial charge in [0.05, 0.1) is 17.0 Å². The molecule has 0 saturated heterocycles. The van der Waals surface area contributed by atoms with Gasteiger partial charge < -0.3 is 20.2 Å². The van der Waals surface area contributed by atoms with E-state index >= 15 is 0 Å². The SMILES string of the molecule is CC1(C)C2C(=O)c3cc(oc3B(O)O)C(=O)C21N. The number of carbonyl (C=O) groups is 2. The Labute approximate surface area is 103 Å². The van der Waals surface area contributed by atoms with Crippen LogP contribution in [0.5, 0.6) is 0 Å². The number of hydrogen-bond donors (Lipinski definition) is 3. The molecule has 4 N–H and O–H groups in total. The Morgan fingerprint density at radius 1 is 1.39 bits per heavy atom. The Morgan fingerprint density at radius 3 is 2.56 bits per heavy atom. The minimum absolute atomic E-state index is 0.0382. The first kappa shape index (κ1) is 11.6. The van der Waals surface area contributed by atoms with Gasteiger partial charge in [-0.25, -0.2) is 0 Å². The van der Waals surface area contributed by atoms with Crippen molar-refractivity contribution >= 4 is 24.3 Å². The molecule has 1 aromatic heterocycles. The van der Waals surface area contributed by atoms with Crippen LogP contribution in [0.1, 0.15) is 34.8 Å². The summed E-state index contributed by atoms with van der Waals surface area (Å²) < 4.78 is 5.06. The monoisotopic (exact) mass is 249 g/mol. The van der Waals surface area contributed by atoms with Crippen LogP contribution in [0.2, 0.25) is 0 Å². The van der Waals surface area contributed by atoms with Gasteiger partial charge in [-0.1, -0.05) is 13.8 Å². The first-order valence-electron chi connectivity index (χ1n) is 5.60. The van der Waals surface area contributed by atoms with Crippen LogP contribution in [-0.4, -0.2) is 34.3 Å². The first-order chi connectivity index (χ1) is 8.23. The van der Waals surface area contributed by atoms with Crippen molar-refractivity contribution in [3.63, 3.8) is 0 Å². The van der Waals surface area contributed by atoms with Gasteiger partial charge in [-0.3, -0.25) is 9.59 Å². The molecule has 18 heavy (non-hydrogen) atoms. The minimum atomic E-state index is -1.92. The van der Waals surface area contributed by atoms with Crippen molar-refractivity contribution in [2.75, 3.05) is 0 Å². The molecule has 2 atom stereocenters. The number of carbonyl (C=O) groups excluding carboxylic acids is 2. The number of ketones is 2. The van der Waals surface area contributed by atoms with Crippen molar-refractivity contribution in [2.24, 2.45) is 17.1 Å². The molecular weight excluding hydrogens is 237 g/mol. The maximum Gasteiger partial charge on any atom is 0.527 e. The maximum atomic E-state index is 12.3. The molecule has 1 heterocycles. The van der Waals surface area contributed by atoms with Crippen molar-refractivity contribution in [1.29, 1.82) is 0 Å². The number of nitrogens with two attached hydrogens (primary N) is 1. The second-order valence-corrected chi connectivity index (χ2v) is 5.48. The summed E-state index contributed by atoms with van der Waals surface area (Å²) in [6.45, 7) is 3.49. The van der Waals surface area contributed by atoms with Crippen LogP contribution in [0.15, 0.2) is 10.5 Å². The molecule has 2 unspecified atom stereocenters. The van der Waals surface area contributed by atoms with Crippen LogP contribution in [0.4, 0.5) is 0 Å². The fraction of sp³-hybridized carbons (Fsp3) is 0.455. The lowest BCUT2D eigenvalue weighted by molar-refractivity contribution is 0.0871. The van der Waals surface area contributed by atoms with E-state index in [-0.39, 0.29) is 22.8 Å². The van der Waals surface area contributed by atoms with Crippen LogP contribution in [-0.2, 0) is 0 Å². The van der Waals surface area contributed by atoms with Gasteiger partial charge in [0.1, 0.15) is 5.66 Å². The summed E-state index contributed by atoms with van der Waals surface area (Å²) in [6, 6.07) is 1.25. The Morgan fingerprint density at radius 2 is 2.00 bits per heavy atom. The van der Waals surface area contributed by atoms with Crippen molar-refractivity contribution < 1.29 is 24.1 Å². The van der Waals surface area contributed by atoms with Gasteiger partial charge in [-0.2, -0.15) is 0 Å². The Balaban J connectivity index is 2.22. The molecule has 0 amide bonds. The molecule has 7 heteroatoms. The summed E-state index contributed by atoms with van der Waals surface area (Å²) in [7, 11) is -1.92. The molecule has 2 aliphatic carbocycles. The van der Waals surface area contributed by atoms with Crippen LogP contribution in [0.3, 0.4) is 0 Å². The van der Waals surface area contributed by atoms with Gasteiger partial charge in [0.25, 0.3) is 0 Å². The molecule has 2 bridgehead atoms. The smallest absolute Gasteiger partial charge is 0.461 e. The average Bonchev–Trinajstić information content (AvgIpc) is 2.65. The topological polar surface area (TPSA) is 114 Å². The molecule has 94 valence electrons. The minimum Gasteiger partial charge on any atom is -0.461 e. The molecule has 1 aromatic rings. The lowest BCUT2D eigenvalue weighted by Crippen LogP contribution is -2.41. The van der Waals surface area contributed by atoms with Crippen LogP contribution in [0, 0.1) is 11.3 Å². The molecule has 3 rings (SSSR count). The second-order valence-electron chi connectivity index (χ2n) is 5.48. The Hall–Kier alpha value is -1.44. The van der Waals surface area contributed by atoms with Crippen LogP contribution >= 0.6 is 0 Å². The van der Waals surface area contributed by atoms with E-state index in [9.17, 15) is 9.59 Å². The Bertz CT molecular complexity index is 590. The highest BCUT2D eigenvalue weighted by molar-refractivity contribution is 6.59. The molecule has 2 aliphatic rings. The summed E-state index contributed by atoms with van der Waals surface area (Å²) in [5.74, 6) is -1.56. The number of fused-ring (bicyclic) bond motifs is 3. The Kier molecular flexibility index (Phi) is 1.90. The van der Waals surface area contributed by atoms with E-state index in [2.05, 4.69) is 0 Å². The third-order valence-corrected chi connectivity index (χ3v) is 4.28. The largest absolute Gasteiger partial charge is 0.527 e. The van der Waals surface area contributed by atoms with Crippen molar-refractivity contribution in [1.82, 2.24) is 0 Å². The first-order valence-corrected chi connectivity index (χ1v) is 5.60.